The normalized spacial score (nSPS) is 11.9. The molecule has 1 atom stereocenters. The van der Waals surface area contributed by atoms with Gasteiger partial charge in [-0.25, -0.2) is 8.78 Å². The maximum Gasteiger partial charge on any atom is 0.303 e. The first-order valence-corrected chi connectivity index (χ1v) is 6.33. The van der Waals surface area contributed by atoms with Crippen LogP contribution < -0.4 is 5.32 Å². The zero-order valence-corrected chi connectivity index (χ0v) is 11.2. The fraction of sp³-hybridized carbons (Fsp3) is 0.429. The first kappa shape index (κ1) is 16.1. The molecule has 0 radical (unpaired) electrons. The maximum atomic E-state index is 13.4. The van der Waals surface area contributed by atoms with Crippen LogP contribution in [0.4, 0.5) is 8.78 Å². The summed E-state index contributed by atoms with van der Waals surface area (Å²) in [4.78, 5) is 22.0. The molecule has 4 nitrogen and oxygen atoms in total. The highest BCUT2D eigenvalue weighted by molar-refractivity contribution is 5.78. The van der Waals surface area contributed by atoms with Crippen LogP contribution in [0.25, 0.3) is 0 Å². The van der Waals surface area contributed by atoms with Crippen molar-refractivity contribution >= 4 is 11.9 Å². The molecule has 1 aromatic rings. The van der Waals surface area contributed by atoms with Gasteiger partial charge in [-0.15, -0.1) is 0 Å². The number of halogens is 2. The van der Waals surface area contributed by atoms with Crippen molar-refractivity contribution in [2.45, 2.75) is 38.6 Å². The Kier molecular flexibility index (Phi) is 6.09. The smallest absolute Gasteiger partial charge is 0.303 e. The fourth-order valence-electron chi connectivity index (χ4n) is 1.80. The molecule has 0 spiro atoms. The van der Waals surface area contributed by atoms with Gasteiger partial charge in [-0.3, -0.25) is 9.59 Å². The van der Waals surface area contributed by atoms with E-state index < -0.39 is 17.6 Å². The van der Waals surface area contributed by atoms with Crippen molar-refractivity contribution < 1.29 is 23.5 Å². The number of nitrogens with one attached hydrogen (secondary N) is 1. The molecule has 0 bridgehead atoms. The Morgan fingerprint density at radius 2 is 2.05 bits per heavy atom. The van der Waals surface area contributed by atoms with E-state index in [0.29, 0.717) is 12.8 Å². The van der Waals surface area contributed by atoms with Gasteiger partial charge in [0.1, 0.15) is 11.6 Å². The lowest BCUT2D eigenvalue weighted by molar-refractivity contribution is -0.137. The standard InChI is InChI=1S/C14H17F2NO3/c1-9(3-2-4-14(19)20)17-13(18)7-10-5-6-11(15)8-12(10)16/h5-6,8-9H,2-4,7H2,1H3,(H,17,18)(H,19,20). The van der Waals surface area contributed by atoms with E-state index in [2.05, 4.69) is 5.32 Å². The van der Waals surface area contributed by atoms with Gasteiger partial charge in [-0.05, 0) is 31.4 Å². The molecule has 0 aliphatic rings. The van der Waals surface area contributed by atoms with Gasteiger partial charge >= 0.3 is 5.97 Å². The van der Waals surface area contributed by atoms with Crippen molar-refractivity contribution in [3.05, 3.63) is 35.4 Å². The molecule has 0 aromatic heterocycles. The number of carbonyl (C=O) groups excluding carboxylic acids is 1. The number of aliphatic carboxylic acids is 1. The van der Waals surface area contributed by atoms with Gasteiger partial charge in [-0.2, -0.15) is 0 Å². The monoisotopic (exact) mass is 285 g/mol. The summed E-state index contributed by atoms with van der Waals surface area (Å²) in [5, 5.41) is 11.1. The van der Waals surface area contributed by atoms with Crippen LogP contribution in [0.2, 0.25) is 0 Å². The third kappa shape index (κ3) is 5.77. The van der Waals surface area contributed by atoms with Gasteiger partial charge in [0.05, 0.1) is 6.42 Å². The zero-order chi connectivity index (χ0) is 15.1. The van der Waals surface area contributed by atoms with E-state index in [9.17, 15) is 18.4 Å². The summed E-state index contributed by atoms with van der Waals surface area (Å²) >= 11 is 0. The van der Waals surface area contributed by atoms with Crippen LogP contribution in [0.5, 0.6) is 0 Å². The summed E-state index contributed by atoms with van der Waals surface area (Å²) < 4.78 is 26.1. The number of carbonyl (C=O) groups is 2. The molecule has 1 amide bonds. The fourth-order valence-corrected chi connectivity index (χ4v) is 1.80. The maximum absolute atomic E-state index is 13.4. The summed E-state index contributed by atoms with van der Waals surface area (Å²) in [6.45, 7) is 1.75. The van der Waals surface area contributed by atoms with Gasteiger partial charge in [-0.1, -0.05) is 6.07 Å². The predicted octanol–water partition coefficient (Wildman–Crippen LogP) is 2.27. The van der Waals surface area contributed by atoms with E-state index in [-0.39, 0.29) is 30.4 Å². The zero-order valence-electron chi connectivity index (χ0n) is 11.2. The van der Waals surface area contributed by atoms with Gasteiger partial charge < -0.3 is 10.4 Å². The van der Waals surface area contributed by atoms with Crippen LogP contribution >= 0.6 is 0 Å². The van der Waals surface area contributed by atoms with Crippen LogP contribution in [-0.4, -0.2) is 23.0 Å². The van der Waals surface area contributed by atoms with Crippen LogP contribution in [0.1, 0.15) is 31.7 Å². The number of carboxylic acid groups (broad SMARTS) is 1. The Labute approximate surface area is 115 Å². The van der Waals surface area contributed by atoms with Gasteiger partial charge in [0, 0.05) is 18.5 Å². The molecule has 0 aliphatic carbocycles. The van der Waals surface area contributed by atoms with E-state index in [4.69, 9.17) is 5.11 Å². The quantitative estimate of drug-likeness (QED) is 0.807. The lowest BCUT2D eigenvalue weighted by Gasteiger charge is -2.13. The van der Waals surface area contributed by atoms with Crippen molar-refractivity contribution in [1.82, 2.24) is 5.32 Å². The number of amides is 1. The summed E-state index contributed by atoms with van der Waals surface area (Å²) in [6, 6.07) is 2.88. The van der Waals surface area contributed by atoms with Crippen molar-refractivity contribution in [1.29, 1.82) is 0 Å². The lowest BCUT2D eigenvalue weighted by atomic mass is 10.1. The molecule has 110 valence electrons. The second-order valence-corrected chi connectivity index (χ2v) is 4.67. The van der Waals surface area contributed by atoms with Crippen LogP contribution in [0.3, 0.4) is 0 Å². The predicted molar refractivity (Wildman–Crippen MR) is 69.2 cm³/mol. The number of carboxylic acids is 1. The number of rotatable bonds is 7. The SMILES string of the molecule is CC(CCCC(=O)O)NC(=O)Cc1ccc(F)cc1F. The van der Waals surface area contributed by atoms with E-state index in [0.717, 1.165) is 12.1 Å². The van der Waals surface area contributed by atoms with Gasteiger partial charge in [0.25, 0.3) is 0 Å². The summed E-state index contributed by atoms with van der Waals surface area (Å²) in [5.41, 5.74) is 0.127. The van der Waals surface area contributed by atoms with E-state index in [1.165, 1.54) is 6.07 Å². The van der Waals surface area contributed by atoms with Gasteiger partial charge in [0.2, 0.25) is 5.91 Å². The molecule has 1 aromatic carbocycles. The molecule has 2 N–H and O–H groups in total. The molecule has 0 heterocycles. The van der Waals surface area contributed by atoms with Crippen molar-refractivity contribution in [3.63, 3.8) is 0 Å². The third-order valence-corrected chi connectivity index (χ3v) is 2.80. The summed E-state index contributed by atoms with van der Waals surface area (Å²) in [7, 11) is 0. The average molecular weight is 285 g/mol. The minimum absolute atomic E-state index is 0.0484. The molecule has 1 rings (SSSR count). The number of benzene rings is 1. The Bertz CT molecular complexity index is 491. The topological polar surface area (TPSA) is 66.4 Å². The highest BCUT2D eigenvalue weighted by atomic mass is 19.1. The summed E-state index contributed by atoms with van der Waals surface area (Å²) in [6.07, 6.45) is 0.869. The Morgan fingerprint density at radius 3 is 2.65 bits per heavy atom. The first-order valence-electron chi connectivity index (χ1n) is 6.33. The second-order valence-electron chi connectivity index (χ2n) is 4.67. The number of hydrogen-bond acceptors (Lipinski definition) is 2. The van der Waals surface area contributed by atoms with Crippen molar-refractivity contribution in [2.24, 2.45) is 0 Å². The Morgan fingerprint density at radius 1 is 1.35 bits per heavy atom. The Hall–Kier alpha value is -1.98. The molecular weight excluding hydrogens is 268 g/mol. The molecule has 0 aliphatic heterocycles. The average Bonchev–Trinajstić information content (AvgIpc) is 2.32. The Balaban J connectivity index is 2.41. The molecule has 0 fully saturated rings. The van der Waals surface area contributed by atoms with E-state index in [1.54, 1.807) is 6.92 Å². The highest BCUT2D eigenvalue weighted by Crippen LogP contribution is 2.10. The minimum Gasteiger partial charge on any atom is -0.481 e. The molecular formula is C14H17F2NO3. The lowest BCUT2D eigenvalue weighted by Crippen LogP contribution is -2.33. The minimum atomic E-state index is -0.878. The molecule has 1 unspecified atom stereocenters. The molecule has 0 saturated heterocycles. The van der Waals surface area contributed by atoms with Crippen molar-refractivity contribution in [2.75, 3.05) is 0 Å². The first-order chi connectivity index (χ1) is 9.38. The van der Waals surface area contributed by atoms with Gasteiger partial charge in [0.15, 0.2) is 0 Å². The van der Waals surface area contributed by atoms with E-state index >= 15 is 0 Å². The second kappa shape index (κ2) is 7.57. The highest BCUT2D eigenvalue weighted by Gasteiger charge is 2.12. The number of hydrogen-bond donors (Lipinski definition) is 2. The van der Waals surface area contributed by atoms with Crippen LogP contribution in [0, 0.1) is 11.6 Å². The summed E-state index contributed by atoms with van der Waals surface area (Å²) in [5.74, 6) is -2.69. The molecule has 20 heavy (non-hydrogen) atoms. The largest absolute Gasteiger partial charge is 0.481 e. The van der Waals surface area contributed by atoms with Crippen LogP contribution in [-0.2, 0) is 16.0 Å². The molecule has 0 saturated carbocycles. The molecule has 6 heteroatoms. The van der Waals surface area contributed by atoms with Crippen LogP contribution in [0.15, 0.2) is 18.2 Å². The van der Waals surface area contributed by atoms with Crippen molar-refractivity contribution in [3.8, 4) is 0 Å². The third-order valence-electron chi connectivity index (χ3n) is 2.80. The van der Waals surface area contributed by atoms with E-state index in [1.807, 2.05) is 0 Å².